The zero-order valence-corrected chi connectivity index (χ0v) is 21.2. The molecule has 11 heteroatoms. The molecule has 2 aromatic heterocycles. The summed E-state index contributed by atoms with van der Waals surface area (Å²) < 4.78 is 40.7. The number of hydrogen-bond acceptors (Lipinski definition) is 5. The van der Waals surface area contributed by atoms with Gasteiger partial charge in [-0.05, 0) is 30.7 Å². The maximum Gasteiger partial charge on any atom is 0.417 e. The van der Waals surface area contributed by atoms with E-state index in [9.17, 15) is 22.8 Å². The van der Waals surface area contributed by atoms with E-state index in [1.165, 1.54) is 22.0 Å². The number of thioether (sulfide) groups is 1. The number of hydrogen-bond donors (Lipinski definition) is 1. The quantitative estimate of drug-likeness (QED) is 0.153. The van der Waals surface area contributed by atoms with Gasteiger partial charge in [-0.15, -0.1) is 17.9 Å². The van der Waals surface area contributed by atoms with Crippen molar-refractivity contribution in [1.29, 1.82) is 0 Å². The SMILES string of the molecule is C=CCn1c(SCC(=O)Nc2ccc(Cl)c(C(F)(F)F)c2)nc2scc(-c3ccc(C)cc3)c2c1=O. The lowest BCUT2D eigenvalue weighted by atomic mass is 10.1. The van der Waals surface area contributed by atoms with Gasteiger partial charge in [0.05, 0.1) is 21.7 Å². The first-order valence-electron chi connectivity index (χ1n) is 10.6. The maximum atomic E-state index is 13.4. The molecule has 0 saturated carbocycles. The topological polar surface area (TPSA) is 64.0 Å². The van der Waals surface area contributed by atoms with Crippen LogP contribution >= 0.6 is 34.7 Å². The molecule has 0 spiro atoms. The van der Waals surface area contributed by atoms with Gasteiger partial charge in [-0.2, -0.15) is 13.2 Å². The van der Waals surface area contributed by atoms with Gasteiger partial charge in [-0.1, -0.05) is 59.3 Å². The molecule has 4 aromatic rings. The minimum absolute atomic E-state index is 0.0368. The van der Waals surface area contributed by atoms with Gasteiger partial charge in [-0.3, -0.25) is 14.2 Å². The summed E-state index contributed by atoms with van der Waals surface area (Å²) in [6.07, 6.45) is -3.09. The second-order valence-corrected chi connectivity index (χ2v) is 10.0. The Hall–Kier alpha value is -3.08. The Kier molecular flexibility index (Phi) is 7.58. The lowest BCUT2D eigenvalue weighted by Gasteiger charge is -2.13. The van der Waals surface area contributed by atoms with Crippen molar-refractivity contribution in [3.63, 3.8) is 0 Å². The molecule has 0 atom stereocenters. The lowest BCUT2D eigenvalue weighted by Crippen LogP contribution is -2.23. The van der Waals surface area contributed by atoms with E-state index in [-0.39, 0.29) is 23.5 Å². The zero-order valence-electron chi connectivity index (χ0n) is 18.9. The molecule has 0 unspecified atom stereocenters. The number of anilines is 1. The number of amides is 1. The summed E-state index contributed by atoms with van der Waals surface area (Å²) in [6, 6.07) is 11.0. The zero-order chi connectivity index (χ0) is 26.0. The van der Waals surface area contributed by atoms with E-state index in [1.54, 1.807) is 6.08 Å². The van der Waals surface area contributed by atoms with E-state index in [4.69, 9.17) is 11.6 Å². The Morgan fingerprint density at radius 3 is 2.64 bits per heavy atom. The monoisotopic (exact) mass is 549 g/mol. The first kappa shape index (κ1) is 26.0. The van der Waals surface area contributed by atoms with Gasteiger partial charge in [0.1, 0.15) is 4.83 Å². The highest BCUT2D eigenvalue weighted by molar-refractivity contribution is 7.99. The van der Waals surface area contributed by atoms with Crippen LogP contribution < -0.4 is 10.9 Å². The predicted molar refractivity (Wildman–Crippen MR) is 140 cm³/mol. The lowest BCUT2D eigenvalue weighted by molar-refractivity contribution is -0.137. The first-order chi connectivity index (χ1) is 17.1. The van der Waals surface area contributed by atoms with Crippen LogP contribution in [0.3, 0.4) is 0 Å². The molecule has 1 N–H and O–H groups in total. The molecule has 0 aliphatic rings. The third-order valence-electron chi connectivity index (χ3n) is 5.22. The number of aryl methyl sites for hydroxylation is 1. The smallest absolute Gasteiger partial charge is 0.325 e. The Morgan fingerprint density at radius 1 is 1.25 bits per heavy atom. The summed E-state index contributed by atoms with van der Waals surface area (Å²) in [5.41, 5.74) is 1.45. The molecule has 5 nitrogen and oxygen atoms in total. The summed E-state index contributed by atoms with van der Waals surface area (Å²) in [7, 11) is 0. The van der Waals surface area contributed by atoms with Crippen LogP contribution in [0.2, 0.25) is 5.02 Å². The van der Waals surface area contributed by atoms with Gasteiger partial charge in [0.15, 0.2) is 5.16 Å². The van der Waals surface area contributed by atoms with Crippen LogP contribution in [0.15, 0.2) is 70.5 Å². The van der Waals surface area contributed by atoms with Crippen molar-refractivity contribution in [1.82, 2.24) is 9.55 Å². The number of nitrogens with zero attached hydrogens (tertiary/aromatic N) is 2. The van der Waals surface area contributed by atoms with E-state index >= 15 is 0 Å². The summed E-state index contributed by atoms with van der Waals surface area (Å²) >= 11 is 7.97. The third-order valence-corrected chi connectivity index (χ3v) is 7.40. The molecule has 0 aliphatic heterocycles. The summed E-state index contributed by atoms with van der Waals surface area (Å²) in [5.74, 6) is -0.726. The van der Waals surface area contributed by atoms with Gasteiger partial charge in [-0.25, -0.2) is 4.98 Å². The third kappa shape index (κ3) is 5.50. The number of fused-ring (bicyclic) bond motifs is 1. The Bertz CT molecular complexity index is 1510. The van der Waals surface area contributed by atoms with Crippen LogP contribution in [0.5, 0.6) is 0 Å². The summed E-state index contributed by atoms with van der Waals surface area (Å²) in [4.78, 5) is 31.0. The molecule has 4 rings (SSSR count). The molecule has 0 fully saturated rings. The van der Waals surface area contributed by atoms with E-state index in [0.29, 0.717) is 15.4 Å². The van der Waals surface area contributed by atoms with Crippen LogP contribution in [0.1, 0.15) is 11.1 Å². The molecule has 0 bridgehead atoms. The maximum absolute atomic E-state index is 13.4. The number of halogens is 4. The number of aromatic nitrogens is 2. The molecule has 0 radical (unpaired) electrons. The molecule has 0 saturated heterocycles. The molecule has 2 heterocycles. The number of allylic oxidation sites excluding steroid dienone is 1. The molecule has 186 valence electrons. The van der Waals surface area contributed by atoms with Gasteiger partial charge in [0.2, 0.25) is 5.91 Å². The molecular weight excluding hydrogens is 531 g/mol. The second-order valence-electron chi connectivity index (χ2n) is 7.82. The van der Waals surface area contributed by atoms with E-state index in [0.717, 1.165) is 40.6 Å². The van der Waals surface area contributed by atoms with Crippen molar-refractivity contribution in [2.45, 2.75) is 24.8 Å². The number of rotatable bonds is 7. The minimum Gasteiger partial charge on any atom is -0.325 e. The number of alkyl halides is 3. The van der Waals surface area contributed by atoms with Crippen molar-refractivity contribution >= 4 is 56.5 Å². The minimum atomic E-state index is -4.65. The molecule has 2 aromatic carbocycles. The van der Waals surface area contributed by atoms with Crippen molar-refractivity contribution in [2.24, 2.45) is 0 Å². The van der Waals surface area contributed by atoms with Crippen LogP contribution in [-0.2, 0) is 17.5 Å². The standard InChI is InChI=1S/C25H19ClF3N3O2S2/c1-3-10-32-23(34)21-17(15-6-4-14(2)5-7-15)12-35-22(21)31-24(32)36-13-20(33)30-16-8-9-19(26)18(11-16)25(27,28)29/h3-9,11-12H,1,10,13H2,2H3,(H,30,33). The Morgan fingerprint density at radius 2 is 1.97 bits per heavy atom. The second kappa shape index (κ2) is 10.5. The van der Waals surface area contributed by atoms with E-state index in [2.05, 4.69) is 16.9 Å². The number of carbonyl (C=O) groups excluding carboxylic acids is 1. The summed E-state index contributed by atoms with van der Waals surface area (Å²) in [6.45, 7) is 5.87. The number of thiophene rings is 1. The van der Waals surface area contributed by atoms with Crippen molar-refractivity contribution in [3.8, 4) is 11.1 Å². The number of nitrogens with one attached hydrogen (secondary N) is 1. The van der Waals surface area contributed by atoms with Crippen LogP contribution in [-0.4, -0.2) is 21.2 Å². The van der Waals surface area contributed by atoms with E-state index < -0.39 is 22.7 Å². The molecule has 0 aliphatic carbocycles. The number of carbonyl (C=O) groups is 1. The normalized spacial score (nSPS) is 11.6. The van der Waals surface area contributed by atoms with Gasteiger partial charge in [0.25, 0.3) is 5.56 Å². The van der Waals surface area contributed by atoms with Crippen LogP contribution in [0, 0.1) is 6.92 Å². The highest BCUT2D eigenvalue weighted by atomic mass is 35.5. The van der Waals surface area contributed by atoms with Crippen LogP contribution in [0.4, 0.5) is 18.9 Å². The Balaban J connectivity index is 1.59. The van der Waals surface area contributed by atoms with Crippen molar-refractivity contribution < 1.29 is 18.0 Å². The number of benzene rings is 2. The largest absolute Gasteiger partial charge is 0.417 e. The van der Waals surface area contributed by atoms with Crippen molar-refractivity contribution in [2.75, 3.05) is 11.1 Å². The van der Waals surface area contributed by atoms with Gasteiger partial charge >= 0.3 is 6.18 Å². The highest BCUT2D eigenvalue weighted by Gasteiger charge is 2.33. The molecule has 36 heavy (non-hydrogen) atoms. The highest BCUT2D eigenvalue weighted by Crippen LogP contribution is 2.36. The fourth-order valence-electron chi connectivity index (χ4n) is 3.50. The Labute approximate surface area is 217 Å². The average Bonchev–Trinajstić information content (AvgIpc) is 3.25. The fraction of sp³-hybridized carbons (Fsp3) is 0.160. The predicted octanol–water partition coefficient (Wildman–Crippen LogP) is 7.02. The molecule has 1 amide bonds. The summed E-state index contributed by atoms with van der Waals surface area (Å²) in [5, 5.41) is 4.65. The van der Waals surface area contributed by atoms with Crippen molar-refractivity contribution in [3.05, 3.63) is 87.0 Å². The average molecular weight is 550 g/mol. The molecular formula is C25H19ClF3N3O2S2. The first-order valence-corrected chi connectivity index (χ1v) is 12.8. The van der Waals surface area contributed by atoms with E-state index in [1.807, 2.05) is 36.6 Å². The fourth-order valence-corrected chi connectivity index (χ4v) is 5.52. The van der Waals surface area contributed by atoms with Gasteiger partial charge in [0, 0.05) is 23.2 Å². The van der Waals surface area contributed by atoms with Gasteiger partial charge < -0.3 is 5.32 Å². The van der Waals surface area contributed by atoms with Crippen LogP contribution in [0.25, 0.3) is 21.3 Å².